The lowest BCUT2D eigenvalue weighted by Gasteiger charge is -2.25. The summed E-state index contributed by atoms with van der Waals surface area (Å²) in [5.41, 5.74) is 18.1. The molecule has 5 aromatic carbocycles. The Bertz CT molecular complexity index is 2270. The summed E-state index contributed by atoms with van der Waals surface area (Å²) in [6, 6.07) is 48.8. The molecule has 0 amide bonds. The van der Waals surface area contributed by atoms with E-state index in [1.165, 1.54) is 61.2 Å². The Hall–Kier alpha value is -4.86. The maximum Gasteiger partial charge on any atom is 0.0730 e. The number of benzene rings is 5. The van der Waals surface area contributed by atoms with Gasteiger partial charge in [-0.05, 0) is 45.5 Å². The van der Waals surface area contributed by atoms with Gasteiger partial charge < -0.3 is 4.57 Å². The topological polar surface area (TPSA) is 17.8 Å². The first-order valence-electron chi connectivity index (χ1n) is 15.8. The van der Waals surface area contributed by atoms with Gasteiger partial charge in [-0.25, -0.2) is 4.98 Å². The van der Waals surface area contributed by atoms with Gasteiger partial charge in [0.2, 0.25) is 0 Å². The third-order valence-electron chi connectivity index (χ3n) is 10.3. The summed E-state index contributed by atoms with van der Waals surface area (Å²) in [5.74, 6) is 0. The quantitative estimate of drug-likeness (QED) is 0.203. The van der Waals surface area contributed by atoms with E-state index in [9.17, 15) is 0 Å². The zero-order valence-corrected chi connectivity index (χ0v) is 26.0. The van der Waals surface area contributed by atoms with Crippen molar-refractivity contribution in [3.8, 4) is 39.3 Å². The van der Waals surface area contributed by atoms with Crippen LogP contribution in [0.5, 0.6) is 0 Å². The average Bonchev–Trinajstić information content (AvgIpc) is 3.82. The molecule has 1 aliphatic carbocycles. The minimum absolute atomic E-state index is 0.133. The zero-order chi connectivity index (χ0) is 29.9. The second-order valence-corrected chi connectivity index (χ2v) is 14.3. The number of nitrogens with zero attached hydrogens (tertiary/aromatic N) is 2. The predicted octanol–water partition coefficient (Wildman–Crippen LogP) is 10.9. The fourth-order valence-corrected chi connectivity index (χ4v) is 10.1. The molecule has 0 fully saturated rings. The lowest BCUT2D eigenvalue weighted by Crippen LogP contribution is -2.17. The maximum atomic E-state index is 5.26. The Morgan fingerprint density at radius 2 is 1.22 bits per heavy atom. The highest BCUT2D eigenvalue weighted by Crippen LogP contribution is 2.67. The summed E-state index contributed by atoms with van der Waals surface area (Å²) in [5, 5.41) is 2.03. The van der Waals surface area contributed by atoms with Gasteiger partial charge in [0, 0.05) is 33.2 Å². The molecule has 45 heavy (non-hydrogen) atoms. The Morgan fingerprint density at radius 3 is 1.91 bits per heavy atom. The molecule has 0 N–H and O–H groups in total. The van der Waals surface area contributed by atoms with Crippen LogP contribution in [-0.4, -0.2) is 9.55 Å². The van der Waals surface area contributed by atoms with Gasteiger partial charge in [0.1, 0.15) is 0 Å². The number of pyridine rings is 1. The average molecular weight is 595 g/mol. The first kappa shape index (κ1) is 25.5. The van der Waals surface area contributed by atoms with Crippen molar-refractivity contribution in [1.82, 2.24) is 9.55 Å². The highest BCUT2D eigenvalue weighted by atomic mass is 32.2. The van der Waals surface area contributed by atoms with Gasteiger partial charge in [-0.15, -0.1) is 11.8 Å². The second kappa shape index (κ2) is 9.09. The molecule has 2 aromatic heterocycles. The van der Waals surface area contributed by atoms with E-state index in [1.54, 1.807) is 0 Å². The summed E-state index contributed by atoms with van der Waals surface area (Å²) in [7, 11) is 0. The Kier molecular flexibility index (Phi) is 5.14. The molecule has 3 aliphatic rings. The van der Waals surface area contributed by atoms with E-state index < -0.39 is 0 Å². The van der Waals surface area contributed by atoms with Crippen molar-refractivity contribution in [3.05, 3.63) is 167 Å². The van der Waals surface area contributed by atoms with Crippen molar-refractivity contribution in [2.75, 3.05) is 0 Å². The van der Waals surface area contributed by atoms with Crippen LogP contribution in [0.4, 0.5) is 0 Å². The van der Waals surface area contributed by atoms with E-state index in [1.807, 2.05) is 0 Å². The van der Waals surface area contributed by atoms with E-state index in [4.69, 9.17) is 4.98 Å². The molecule has 2 unspecified atom stereocenters. The third-order valence-corrected chi connectivity index (χ3v) is 11.8. The van der Waals surface area contributed by atoms with Gasteiger partial charge in [0.05, 0.1) is 33.1 Å². The van der Waals surface area contributed by atoms with Crippen LogP contribution in [0.2, 0.25) is 0 Å². The number of thioether (sulfide) groups is 1. The molecule has 2 aliphatic heterocycles. The Balaban J connectivity index is 1.34. The number of aromatic nitrogens is 2. The van der Waals surface area contributed by atoms with Crippen LogP contribution < -0.4 is 0 Å². The summed E-state index contributed by atoms with van der Waals surface area (Å²) >= 11 is 2.10. The largest absolute Gasteiger partial charge is 0.311 e. The third kappa shape index (κ3) is 3.39. The number of hydrogen-bond acceptors (Lipinski definition) is 2. The lowest BCUT2D eigenvalue weighted by atomic mass is 9.81. The lowest BCUT2D eigenvalue weighted by molar-refractivity contribution is 0.663. The van der Waals surface area contributed by atoms with Crippen molar-refractivity contribution >= 4 is 22.7 Å². The van der Waals surface area contributed by atoms with Gasteiger partial charge in [0.15, 0.2) is 0 Å². The fourth-order valence-electron chi connectivity index (χ4n) is 8.34. The molecule has 214 valence electrons. The SMILES string of the molecule is CC1(C)c2ccccc2-c2ccc3c4c(n(-c5cc(-c6ccccc6)nc(-c6ccccc6)c5)c3c21)C1SC4c2ccccc21. The highest BCUT2D eigenvalue weighted by Gasteiger charge is 2.48. The smallest absolute Gasteiger partial charge is 0.0730 e. The molecule has 0 spiro atoms. The Morgan fingerprint density at radius 1 is 0.622 bits per heavy atom. The van der Waals surface area contributed by atoms with E-state index in [0.29, 0.717) is 10.5 Å². The van der Waals surface area contributed by atoms with E-state index in [2.05, 4.69) is 164 Å². The summed E-state index contributed by atoms with van der Waals surface area (Å²) in [6.45, 7) is 4.82. The van der Waals surface area contributed by atoms with E-state index in [0.717, 1.165) is 22.5 Å². The molecule has 0 saturated carbocycles. The molecular weight excluding hydrogens is 565 g/mol. The molecule has 2 atom stereocenters. The summed E-state index contributed by atoms with van der Waals surface area (Å²) in [4.78, 5) is 5.26. The molecule has 2 nitrogen and oxygen atoms in total. The second-order valence-electron chi connectivity index (χ2n) is 13.0. The molecule has 2 bridgehead atoms. The van der Waals surface area contributed by atoms with Crippen molar-refractivity contribution in [1.29, 1.82) is 0 Å². The fraction of sp³-hybridized carbons (Fsp3) is 0.119. The molecule has 7 aromatic rings. The molecule has 3 heteroatoms. The van der Waals surface area contributed by atoms with Gasteiger partial charge >= 0.3 is 0 Å². The standard InChI is InChI=1S/C42H30N2S/c1-42(2)33-20-12-11-17-28(33)29-21-22-32-36-39(41-31-19-10-9-18-30(31)40(36)45-41)44(38(32)37(29)42)27-23-34(25-13-5-3-6-14-25)43-35(24-27)26-15-7-4-8-16-26/h3-24,40-41H,1-2H3. The maximum absolute atomic E-state index is 5.26. The zero-order valence-electron chi connectivity index (χ0n) is 25.2. The summed E-state index contributed by atoms with van der Waals surface area (Å²) in [6.07, 6.45) is 0. The first-order valence-corrected chi connectivity index (χ1v) is 16.7. The van der Waals surface area contributed by atoms with Crippen LogP contribution >= 0.6 is 11.8 Å². The van der Waals surface area contributed by atoms with Gasteiger partial charge in [-0.1, -0.05) is 135 Å². The van der Waals surface area contributed by atoms with Crippen LogP contribution in [0.1, 0.15) is 57.9 Å². The van der Waals surface area contributed by atoms with Gasteiger partial charge in [-0.2, -0.15) is 0 Å². The van der Waals surface area contributed by atoms with Crippen LogP contribution in [-0.2, 0) is 5.41 Å². The van der Waals surface area contributed by atoms with Crippen molar-refractivity contribution in [3.63, 3.8) is 0 Å². The van der Waals surface area contributed by atoms with Gasteiger partial charge in [0.25, 0.3) is 0 Å². The van der Waals surface area contributed by atoms with Crippen LogP contribution in [0, 0.1) is 0 Å². The van der Waals surface area contributed by atoms with Crippen LogP contribution in [0.25, 0.3) is 50.2 Å². The number of hydrogen-bond donors (Lipinski definition) is 0. The minimum Gasteiger partial charge on any atom is -0.311 e. The Labute approximate surface area is 267 Å². The normalized spacial score (nSPS) is 18.1. The molecule has 0 radical (unpaired) electrons. The van der Waals surface area contributed by atoms with Crippen LogP contribution in [0.15, 0.2) is 133 Å². The monoisotopic (exact) mass is 594 g/mol. The summed E-state index contributed by atoms with van der Waals surface area (Å²) < 4.78 is 2.64. The van der Waals surface area contributed by atoms with E-state index >= 15 is 0 Å². The minimum atomic E-state index is -0.133. The van der Waals surface area contributed by atoms with Crippen LogP contribution in [0.3, 0.4) is 0 Å². The molecule has 4 heterocycles. The van der Waals surface area contributed by atoms with Crippen molar-refractivity contribution < 1.29 is 0 Å². The number of rotatable bonds is 3. The van der Waals surface area contributed by atoms with Crippen molar-refractivity contribution in [2.24, 2.45) is 0 Å². The molecular formula is C42H30N2S. The molecule has 0 saturated heterocycles. The van der Waals surface area contributed by atoms with E-state index in [-0.39, 0.29) is 5.41 Å². The molecule has 10 rings (SSSR count). The first-order chi connectivity index (χ1) is 22.1. The van der Waals surface area contributed by atoms with Crippen molar-refractivity contribution in [2.45, 2.75) is 29.8 Å². The highest BCUT2D eigenvalue weighted by molar-refractivity contribution is 8.00. The number of fused-ring (bicyclic) bond motifs is 14. The predicted molar refractivity (Wildman–Crippen MR) is 187 cm³/mol. The van der Waals surface area contributed by atoms with Gasteiger partial charge in [-0.3, -0.25) is 0 Å².